The third-order valence-electron chi connectivity index (χ3n) is 4.24. The highest BCUT2D eigenvalue weighted by Crippen LogP contribution is 2.34. The average Bonchev–Trinajstić information content (AvgIpc) is 2.98. The van der Waals surface area contributed by atoms with E-state index < -0.39 is 0 Å². The predicted molar refractivity (Wildman–Crippen MR) is 66.0 cm³/mol. The molecule has 100 valence electrons. The van der Waals surface area contributed by atoms with Crippen molar-refractivity contribution < 1.29 is 9.63 Å². The van der Waals surface area contributed by atoms with Crippen molar-refractivity contribution in [3.63, 3.8) is 0 Å². The monoisotopic (exact) mass is 251 g/mol. The summed E-state index contributed by atoms with van der Waals surface area (Å²) in [6.07, 6.45) is 5.23. The van der Waals surface area contributed by atoms with Gasteiger partial charge in [-0.1, -0.05) is 24.9 Å². The van der Waals surface area contributed by atoms with Gasteiger partial charge in [-0.3, -0.25) is 0 Å². The number of aliphatic hydroxyl groups is 1. The Kier molecular flexibility index (Phi) is 3.35. The highest BCUT2D eigenvalue weighted by molar-refractivity contribution is 5.02. The number of rotatable bonds is 2. The van der Waals surface area contributed by atoms with Crippen molar-refractivity contribution in [2.24, 2.45) is 5.92 Å². The van der Waals surface area contributed by atoms with Crippen LogP contribution in [0.25, 0.3) is 0 Å². The van der Waals surface area contributed by atoms with Crippen molar-refractivity contribution in [3.8, 4) is 0 Å². The predicted octanol–water partition coefficient (Wildman–Crippen LogP) is 1.76. The Morgan fingerprint density at radius 3 is 2.72 bits per heavy atom. The van der Waals surface area contributed by atoms with Gasteiger partial charge in [0.1, 0.15) is 0 Å². The fraction of sp³-hybridized carbons (Fsp3) is 0.846. The molecule has 5 nitrogen and oxygen atoms in total. The molecule has 0 bridgehead atoms. The largest absolute Gasteiger partial charge is 0.392 e. The van der Waals surface area contributed by atoms with Gasteiger partial charge in [0.2, 0.25) is 5.89 Å². The number of β-amino-alcohol motifs (C(OH)–C–C–N with tert-alkyl or cyclic N) is 1. The van der Waals surface area contributed by atoms with Gasteiger partial charge in [0.25, 0.3) is 0 Å². The third-order valence-corrected chi connectivity index (χ3v) is 4.24. The van der Waals surface area contributed by atoms with Crippen LogP contribution in [0.15, 0.2) is 4.52 Å². The maximum Gasteiger partial charge on any atom is 0.243 e. The highest BCUT2D eigenvalue weighted by Gasteiger charge is 2.30. The molecule has 1 aromatic heterocycles. The highest BCUT2D eigenvalue weighted by atomic mass is 16.5. The normalized spacial score (nSPS) is 37.0. The summed E-state index contributed by atoms with van der Waals surface area (Å²) in [6.45, 7) is 2.92. The lowest BCUT2D eigenvalue weighted by atomic mass is 9.83. The van der Waals surface area contributed by atoms with Crippen LogP contribution >= 0.6 is 0 Å². The molecule has 0 radical (unpaired) electrons. The second kappa shape index (κ2) is 4.97. The summed E-state index contributed by atoms with van der Waals surface area (Å²) in [6, 6.07) is 0.0313. The van der Waals surface area contributed by atoms with Crippen molar-refractivity contribution in [2.45, 2.75) is 57.1 Å². The van der Waals surface area contributed by atoms with E-state index in [4.69, 9.17) is 4.52 Å². The molecule has 1 saturated carbocycles. The second-order valence-corrected chi connectivity index (χ2v) is 5.80. The van der Waals surface area contributed by atoms with Gasteiger partial charge < -0.3 is 14.9 Å². The molecule has 0 amide bonds. The number of nitrogens with zero attached hydrogens (tertiary/aromatic N) is 2. The van der Waals surface area contributed by atoms with Crippen molar-refractivity contribution in [2.75, 3.05) is 6.54 Å². The minimum atomic E-state index is -0.291. The van der Waals surface area contributed by atoms with Crippen LogP contribution in [0.2, 0.25) is 0 Å². The Balaban J connectivity index is 1.66. The van der Waals surface area contributed by atoms with Crippen LogP contribution in [0.5, 0.6) is 0 Å². The molecule has 0 spiro atoms. The maximum atomic E-state index is 9.49. The van der Waals surface area contributed by atoms with Gasteiger partial charge in [0, 0.05) is 12.5 Å². The van der Waals surface area contributed by atoms with E-state index in [1.165, 1.54) is 25.7 Å². The summed E-state index contributed by atoms with van der Waals surface area (Å²) in [4.78, 5) is 4.52. The van der Waals surface area contributed by atoms with Crippen LogP contribution in [-0.4, -0.2) is 27.9 Å². The molecule has 18 heavy (non-hydrogen) atoms. The van der Waals surface area contributed by atoms with Crippen molar-refractivity contribution >= 4 is 0 Å². The lowest BCUT2D eigenvalue weighted by Crippen LogP contribution is -2.15. The zero-order valence-electron chi connectivity index (χ0n) is 10.8. The number of hydrogen-bond acceptors (Lipinski definition) is 5. The Labute approximate surface area is 107 Å². The average molecular weight is 251 g/mol. The summed E-state index contributed by atoms with van der Waals surface area (Å²) in [5.74, 6) is 2.80. The topological polar surface area (TPSA) is 71.2 Å². The van der Waals surface area contributed by atoms with E-state index >= 15 is 0 Å². The van der Waals surface area contributed by atoms with E-state index in [0.717, 1.165) is 11.7 Å². The SMILES string of the molecule is CC1CCC(c2noc([C@@H]3CC(O)CN3)n2)CC1. The summed E-state index contributed by atoms with van der Waals surface area (Å²) in [5, 5.41) is 16.8. The minimum absolute atomic E-state index is 0.0313. The zero-order valence-corrected chi connectivity index (χ0v) is 10.8. The van der Waals surface area contributed by atoms with Crippen LogP contribution in [0.3, 0.4) is 0 Å². The molecule has 0 aromatic carbocycles. The molecule has 1 saturated heterocycles. The molecule has 2 fully saturated rings. The molecular formula is C13H21N3O2. The summed E-state index contributed by atoms with van der Waals surface area (Å²) < 4.78 is 5.34. The Bertz CT molecular complexity index is 399. The summed E-state index contributed by atoms with van der Waals surface area (Å²) >= 11 is 0. The van der Waals surface area contributed by atoms with E-state index in [0.29, 0.717) is 24.8 Å². The fourth-order valence-electron chi connectivity index (χ4n) is 2.98. The number of aliphatic hydroxyl groups excluding tert-OH is 1. The Morgan fingerprint density at radius 2 is 2.06 bits per heavy atom. The van der Waals surface area contributed by atoms with Crippen LogP contribution < -0.4 is 5.32 Å². The van der Waals surface area contributed by atoms with Crippen molar-refractivity contribution in [3.05, 3.63) is 11.7 Å². The van der Waals surface area contributed by atoms with Gasteiger partial charge in [-0.25, -0.2) is 0 Å². The molecule has 2 N–H and O–H groups in total. The van der Waals surface area contributed by atoms with Crippen LogP contribution in [0.4, 0.5) is 0 Å². The molecule has 1 unspecified atom stereocenters. The van der Waals surface area contributed by atoms with Gasteiger partial charge in [0.05, 0.1) is 12.1 Å². The van der Waals surface area contributed by atoms with Gasteiger partial charge >= 0.3 is 0 Å². The van der Waals surface area contributed by atoms with Gasteiger partial charge in [-0.2, -0.15) is 4.98 Å². The summed E-state index contributed by atoms with van der Waals surface area (Å²) in [5.41, 5.74) is 0. The molecule has 1 aliphatic carbocycles. The lowest BCUT2D eigenvalue weighted by Gasteiger charge is -2.23. The number of nitrogens with one attached hydrogen (secondary N) is 1. The van der Waals surface area contributed by atoms with Gasteiger partial charge in [-0.15, -0.1) is 0 Å². The van der Waals surface area contributed by atoms with Crippen LogP contribution in [0.1, 0.15) is 62.7 Å². The first kappa shape index (κ1) is 12.1. The first-order chi connectivity index (χ1) is 8.72. The minimum Gasteiger partial charge on any atom is -0.392 e. The fourth-order valence-corrected chi connectivity index (χ4v) is 2.98. The van der Waals surface area contributed by atoms with Crippen molar-refractivity contribution in [1.82, 2.24) is 15.5 Å². The van der Waals surface area contributed by atoms with Gasteiger partial charge in [-0.05, 0) is 25.2 Å². The first-order valence-corrected chi connectivity index (χ1v) is 6.97. The van der Waals surface area contributed by atoms with Crippen LogP contribution in [-0.2, 0) is 0 Å². The quantitative estimate of drug-likeness (QED) is 0.838. The third kappa shape index (κ3) is 2.42. The van der Waals surface area contributed by atoms with E-state index in [9.17, 15) is 5.11 Å². The summed E-state index contributed by atoms with van der Waals surface area (Å²) in [7, 11) is 0. The smallest absolute Gasteiger partial charge is 0.243 e. The number of hydrogen-bond donors (Lipinski definition) is 2. The van der Waals surface area contributed by atoms with Crippen molar-refractivity contribution in [1.29, 1.82) is 0 Å². The van der Waals surface area contributed by atoms with E-state index in [2.05, 4.69) is 22.4 Å². The zero-order chi connectivity index (χ0) is 12.5. The first-order valence-electron chi connectivity index (χ1n) is 6.97. The van der Waals surface area contributed by atoms with Crippen LogP contribution in [0, 0.1) is 5.92 Å². The Hall–Kier alpha value is -0.940. The maximum absolute atomic E-state index is 9.49. The Morgan fingerprint density at radius 1 is 1.28 bits per heavy atom. The van der Waals surface area contributed by atoms with E-state index in [1.807, 2.05) is 0 Å². The lowest BCUT2D eigenvalue weighted by molar-refractivity contribution is 0.191. The standard InChI is InChI=1S/C13H21N3O2/c1-8-2-4-9(5-3-8)12-15-13(18-16-12)11-6-10(17)7-14-11/h8-11,14,17H,2-7H2,1H3/t8?,9?,10?,11-/m0/s1. The van der Waals surface area contributed by atoms with E-state index in [1.54, 1.807) is 0 Å². The van der Waals surface area contributed by atoms with Gasteiger partial charge in [0.15, 0.2) is 5.82 Å². The molecule has 2 atom stereocenters. The molecule has 1 aromatic rings. The molecular weight excluding hydrogens is 230 g/mol. The molecule has 3 rings (SSSR count). The second-order valence-electron chi connectivity index (χ2n) is 5.80. The molecule has 2 heterocycles. The molecule has 1 aliphatic heterocycles. The molecule has 2 aliphatic rings. The molecule has 5 heteroatoms. The number of aromatic nitrogens is 2. The van der Waals surface area contributed by atoms with E-state index in [-0.39, 0.29) is 12.1 Å².